The molecule has 0 unspecified atom stereocenters. The number of nitrogens with one attached hydrogen (secondary N) is 2. The number of carbonyl (C=O) groups is 1. The van der Waals surface area contributed by atoms with Crippen LogP contribution >= 0.6 is 11.8 Å². The van der Waals surface area contributed by atoms with Crippen molar-refractivity contribution in [2.75, 3.05) is 11.9 Å². The van der Waals surface area contributed by atoms with Crippen LogP contribution in [-0.2, 0) is 10.0 Å². The third-order valence-corrected chi connectivity index (χ3v) is 7.31. The molecule has 0 aromatic heterocycles. The van der Waals surface area contributed by atoms with Crippen molar-refractivity contribution in [2.45, 2.75) is 40.7 Å². The van der Waals surface area contributed by atoms with E-state index in [1.807, 2.05) is 36.0 Å². The van der Waals surface area contributed by atoms with Gasteiger partial charge < -0.3 is 5.32 Å². The van der Waals surface area contributed by atoms with Crippen molar-refractivity contribution < 1.29 is 13.2 Å². The summed E-state index contributed by atoms with van der Waals surface area (Å²) in [7, 11) is -3.67. The zero-order valence-corrected chi connectivity index (χ0v) is 17.2. The van der Waals surface area contributed by atoms with E-state index in [1.54, 1.807) is 12.1 Å². The summed E-state index contributed by atoms with van der Waals surface area (Å²) in [5, 5.41) is 3.52. The number of thioether (sulfide) groups is 1. The lowest BCUT2D eigenvalue weighted by atomic mass is 10.2. The summed E-state index contributed by atoms with van der Waals surface area (Å²) in [6.07, 6.45) is 6.62. The van der Waals surface area contributed by atoms with Crippen LogP contribution in [0.1, 0.15) is 36.0 Å². The largest absolute Gasteiger partial charge is 0.322 e. The highest BCUT2D eigenvalue weighted by atomic mass is 32.2. The highest BCUT2D eigenvalue weighted by molar-refractivity contribution is 8.00. The maximum Gasteiger partial charge on any atom is 0.255 e. The van der Waals surface area contributed by atoms with Crippen LogP contribution in [0.5, 0.6) is 0 Å². The number of hydrogen-bond donors (Lipinski definition) is 2. The van der Waals surface area contributed by atoms with Gasteiger partial charge in [0, 0.05) is 27.9 Å². The summed E-state index contributed by atoms with van der Waals surface area (Å²) in [6.45, 7) is 3.62. The van der Waals surface area contributed by atoms with Gasteiger partial charge in [-0.25, -0.2) is 13.1 Å². The predicted octanol–water partition coefficient (Wildman–Crippen LogP) is 4.44. The summed E-state index contributed by atoms with van der Waals surface area (Å²) >= 11 is 1.89. The quantitative estimate of drug-likeness (QED) is 0.624. The highest BCUT2D eigenvalue weighted by Crippen LogP contribution is 2.35. The molecule has 1 aliphatic rings. The van der Waals surface area contributed by atoms with Crippen LogP contribution in [0, 0.1) is 0 Å². The van der Waals surface area contributed by atoms with Crippen LogP contribution in [0.3, 0.4) is 0 Å². The van der Waals surface area contributed by atoms with E-state index in [2.05, 4.69) is 16.6 Å². The fourth-order valence-electron chi connectivity index (χ4n) is 3.08. The van der Waals surface area contributed by atoms with Gasteiger partial charge in [0.25, 0.3) is 5.91 Å². The van der Waals surface area contributed by atoms with Crippen LogP contribution in [-0.4, -0.2) is 26.1 Å². The molecule has 2 aromatic carbocycles. The zero-order valence-electron chi connectivity index (χ0n) is 15.6. The van der Waals surface area contributed by atoms with Crippen molar-refractivity contribution in [3.8, 4) is 0 Å². The first-order chi connectivity index (χ1) is 13.5. The maximum absolute atomic E-state index is 12.5. The zero-order chi connectivity index (χ0) is 20.0. The average Bonchev–Trinajstić information content (AvgIpc) is 3.21. The molecule has 2 aromatic rings. The molecule has 0 radical (unpaired) electrons. The van der Waals surface area contributed by atoms with E-state index in [9.17, 15) is 13.2 Å². The van der Waals surface area contributed by atoms with Gasteiger partial charge in [-0.3, -0.25) is 4.79 Å². The second-order valence-electron chi connectivity index (χ2n) is 6.67. The summed E-state index contributed by atoms with van der Waals surface area (Å²) in [4.78, 5) is 13.8. The van der Waals surface area contributed by atoms with Crippen LogP contribution in [0.15, 0.2) is 71.0 Å². The Morgan fingerprint density at radius 3 is 2.54 bits per heavy atom. The molecule has 5 nitrogen and oxygen atoms in total. The number of benzene rings is 2. The van der Waals surface area contributed by atoms with Crippen molar-refractivity contribution in [2.24, 2.45) is 0 Å². The molecule has 0 atom stereocenters. The van der Waals surface area contributed by atoms with Gasteiger partial charge in [-0.2, -0.15) is 0 Å². The molecule has 1 fully saturated rings. The van der Waals surface area contributed by atoms with Gasteiger partial charge in [0.1, 0.15) is 0 Å². The standard InChI is InChI=1S/C21H24N2O3S2/c1-2-14-22-28(25,26)20-9-5-6-16(15-20)21(24)23-17-10-12-19(13-11-17)27-18-7-3-4-8-18/h2,5-6,9-13,15,18,22H,1,3-4,7-8,14H2,(H,23,24). The first-order valence-electron chi connectivity index (χ1n) is 9.26. The monoisotopic (exact) mass is 416 g/mol. The lowest BCUT2D eigenvalue weighted by molar-refractivity contribution is 0.102. The average molecular weight is 417 g/mol. The summed E-state index contributed by atoms with van der Waals surface area (Å²) in [6, 6.07) is 13.7. The normalized spacial score (nSPS) is 14.7. The van der Waals surface area contributed by atoms with Crippen molar-refractivity contribution in [1.29, 1.82) is 0 Å². The van der Waals surface area contributed by atoms with Crippen molar-refractivity contribution in [1.82, 2.24) is 4.72 Å². The van der Waals surface area contributed by atoms with E-state index >= 15 is 0 Å². The number of anilines is 1. The molecular weight excluding hydrogens is 392 g/mol. The van der Waals surface area contributed by atoms with E-state index < -0.39 is 10.0 Å². The van der Waals surface area contributed by atoms with Crippen molar-refractivity contribution in [3.63, 3.8) is 0 Å². The van der Waals surface area contributed by atoms with E-state index in [0.717, 1.165) is 0 Å². The number of sulfonamides is 1. The maximum atomic E-state index is 12.5. The van der Waals surface area contributed by atoms with Gasteiger partial charge in [-0.15, -0.1) is 18.3 Å². The van der Waals surface area contributed by atoms with Crippen molar-refractivity contribution in [3.05, 3.63) is 66.7 Å². The fourth-order valence-corrected chi connectivity index (χ4v) is 5.37. The van der Waals surface area contributed by atoms with Crippen LogP contribution in [0.2, 0.25) is 0 Å². The van der Waals surface area contributed by atoms with Gasteiger partial charge in [-0.1, -0.05) is 25.0 Å². The second kappa shape index (κ2) is 9.41. The molecule has 1 aliphatic carbocycles. The third-order valence-electron chi connectivity index (χ3n) is 4.54. The first-order valence-corrected chi connectivity index (χ1v) is 11.6. The third kappa shape index (κ3) is 5.47. The Bertz CT molecular complexity index is 934. The molecule has 2 N–H and O–H groups in total. The van der Waals surface area contributed by atoms with E-state index in [1.165, 1.54) is 48.8 Å². The molecular formula is C21H24N2O3S2. The molecule has 1 saturated carbocycles. The highest BCUT2D eigenvalue weighted by Gasteiger charge is 2.17. The lowest BCUT2D eigenvalue weighted by Gasteiger charge is -2.10. The van der Waals surface area contributed by atoms with Gasteiger partial charge in [0.2, 0.25) is 10.0 Å². The molecule has 0 aliphatic heterocycles. The Morgan fingerprint density at radius 1 is 1.14 bits per heavy atom. The van der Waals surface area contributed by atoms with E-state index in [-0.39, 0.29) is 22.9 Å². The Balaban J connectivity index is 1.65. The Labute approximate surface area is 170 Å². The number of rotatable bonds is 8. The molecule has 7 heteroatoms. The van der Waals surface area contributed by atoms with Gasteiger partial charge in [-0.05, 0) is 55.3 Å². The van der Waals surface area contributed by atoms with E-state index in [0.29, 0.717) is 10.9 Å². The van der Waals surface area contributed by atoms with Gasteiger partial charge in [0.15, 0.2) is 0 Å². The van der Waals surface area contributed by atoms with Crippen LogP contribution < -0.4 is 10.0 Å². The summed E-state index contributed by atoms with van der Waals surface area (Å²) in [5.41, 5.74) is 0.963. The van der Waals surface area contributed by atoms with Crippen LogP contribution in [0.25, 0.3) is 0 Å². The Kier molecular flexibility index (Phi) is 6.93. The predicted molar refractivity (Wildman–Crippen MR) is 114 cm³/mol. The Morgan fingerprint density at radius 2 is 1.86 bits per heavy atom. The molecule has 0 saturated heterocycles. The number of carbonyl (C=O) groups excluding carboxylic acids is 1. The van der Waals surface area contributed by atoms with E-state index in [4.69, 9.17) is 0 Å². The Hall–Kier alpha value is -2.09. The molecule has 28 heavy (non-hydrogen) atoms. The minimum absolute atomic E-state index is 0.0466. The molecule has 0 bridgehead atoms. The smallest absolute Gasteiger partial charge is 0.255 e. The molecule has 1 amide bonds. The first kappa shape index (κ1) is 20.6. The topological polar surface area (TPSA) is 75.3 Å². The molecule has 3 rings (SSSR count). The molecule has 148 valence electrons. The molecule has 0 spiro atoms. The summed E-state index contributed by atoms with van der Waals surface area (Å²) in [5.74, 6) is -0.350. The minimum Gasteiger partial charge on any atom is -0.322 e. The van der Waals surface area contributed by atoms with Crippen molar-refractivity contribution >= 4 is 33.4 Å². The fraction of sp³-hybridized carbons (Fsp3) is 0.286. The minimum atomic E-state index is -3.67. The lowest BCUT2D eigenvalue weighted by Crippen LogP contribution is -2.24. The summed E-state index contributed by atoms with van der Waals surface area (Å²) < 4.78 is 26.8. The number of amides is 1. The second-order valence-corrected chi connectivity index (χ2v) is 9.81. The number of hydrogen-bond acceptors (Lipinski definition) is 4. The SMILES string of the molecule is C=CCNS(=O)(=O)c1cccc(C(=O)Nc2ccc(SC3CCCC3)cc2)c1. The molecule has 0 heterocycles. The van der Waals surface area contributed by atoms with Gasteiger partial charge in [0.05, 0.1) is 4.90 Å². The van der Waals surface area contributed by atoms with Crippen LogP contribution in [0.4, 0.5) is 5.69 Å². The van der Waals surface area contributed by atoms with Gasteiger partial charge >= 0.3 is 0 Å².